The molecule has 1 aliphatic rings. The molecule has 6 nitrogen and oxygen atoms in total. The minimum Gasteiger partial charge on any atom is -0.340 e. The number of carbonyl (C=O) groups is 2. The van der Waals surface area contributed by atoms with Gasteiger partial charge in [-0.1, -0.05) is 17.9 Å². The lowest BCUT2D eigenvalue weighted by atomic mass is 10.1. The summed E-state index contributed by atoms with van der Waals surface area (Å²) in [4.78, 5) is 30.8. The summed E-state index contributed by atoms with van der Waals surface area (Å²) in [5.41, 5.74) is 3.71. The van der Waals surface area contributed by atoms with Crippen molar-refractivity contribution in [3.63, 3.8) is 0 Å². The maximum atomic E-state index is 12.5. The van der Waals surface area contributed by atoms with Crippen LogP contribution in [0.3, 0.4) is 0 Å². The van der Waals surface area contributed by atoms with Crippen molar-refractivity contribution in [3.8, 4) is 11.8 Å². The molecular weight excluding hydrogens is 364 g/mol. The Labute approximate surface area is 169 Å². The van der Waals surface area contributed by atoms with E-state index < -0.39 is 0 Å². The van der Waals surface area contributed by atoms with E-state index in [9.17, 15) is 9.59 Å². The zero-order valence-corrected chi connectivity index (χ0v) is 16.3. The summed E-state index contributed by atoms with van der Waals surface area (Å²) in [6, 6.07) is 13.3. The second kappa shape index (κ2) is 8.19. The highest BCUT2D eigenvalue weighted by Crippen LogP contribution is 2.21. The molecule has 0 atom stereocenters. The van der Waals surface area contributed by atoms with E-state index in [1.807, 2.05) is 60.5 Å². The van der Waals surface area contributed by atoms with Crippen molar-refractivity contribution in [2.75, 3.05) is 18.0 Å². The number of pyridine rings is 1. The molecule has 6 heteroatoms. The van der Waals surface area contributed by atoms with Crippen LogP contribution in [0.4, 0.5) is 5.69 Å². The lowest BCUT2D eigenvalue weighted by molar-refractivity contribution is -0.119. The highest BCUT2D eigenvalue weighted by molar-refractivity contribution is 5.95. The molecule has 0 saturated carbocycles. The Morgan fingerprint density at radius 1 is 1.17 bits per heavy atom. The molecule has 4 rings (SSSR count). The van der Waals surface area contributed by atoms with Crippen LogP contribution in [-0.4, -0.2) is 34.3 Å². The highest BCUT2D eigenvalue weighted by atomic mass is 16.2. The van der Waals surface area contributed by atoms with E-state index in [2.05, 4.69) is 22.1 Å². The first-order valence-corrected chi connectivity index (χ1v) is 9.75. The molecule has 146 valence electrons. The van der Waals surface area contributed by atoms with Gasteiger partial charge in [0.15, 0.2) is 0 Å². The van der Waals surface area contributed by atoms with Crippen molar-refractivity contribution in [3.05, 3.63) is 65.6 Å². The summed E-state index contributed by atoms with van der Waals surface area (Å²) in [5.74, 6) is 6.01. The first kappa shape index (κ1) is 18.8. The van der Waals surface area contributed by atoms with E-state index in [-0.39, 0.29) is 18.4 Å². The van der Waals surface area contributed by atoms with Gasteiger partial charge in [0.05, 0.1) is 12.2 Å². The first-order chi connectivity index (χ1) is 14.1. The fourth-order valence-corrected chi connectivity index (χ4v) is 3.55. The summed E-state index contributed by atoms with van der Waals surface area (Å²) in [6.45, 7) is 2.84. The molecule has 1 saturated heterocycles. The number of fused-ring (bicyclic) bond motifs is 1. The predicted octanol–water partition coefficient (Wildman–Crippen LogP) is 2.94. The topological polar surface area (TPSA) is 66.7 Å². The molecule has 0 aliphatic carbocycles. The van der Waals surface area contributed by atoms with E-state index in [0.717, 1.165) is 36.3 Å². The van der Waals surface area contributed by atoms with Crippen LogP contribution >= 0.6 is 0 Å². The highest BCUT2D eigenvalue weighted by Gasteiger charge is 2.19. The van der Waals surface area contributed by atoms with Gasteiger partial charge < -0.3 is 10.2 Å². The minimum absolute atomic E-state index is 0.181. The molecule has 2 amide bonds. The zero-order chi connectivity index (χ0) is 20.2. The van der Waals surface area contributed by atoms with Gasteiger partial charge in [0.2, 0.25) is 5.91 Å². The van der Waals surface area contributed by atoms with Gasteiger partial charge in [0, 0.05) is 30.4 Å². The van der Waals surface area contributed by atoms with Gasteiger partial charge in [-0.2, -0.15) is 0 Å². The summed E-state index contributed by atoms with van der Waals surface area (Å²) < 4.78 is 1.78. The van der Waals surface area contributed by atoms with Crippen LogP contribution in [0.5, 0.6) is 0 Å². The van der Waals surface area contributed by atoms with Crippen LogP contribution in [0.25, 0.3) is 5.65 Å². The lowest BCUT2D eigenvalue weighted by Gasteiger charge is -2.26. The van der Waals surface area contributed by atoms with Crippen molar-refractivity contribution in [1.82, 2.24) is 14.7 Å². The standard InChI is InChI=1S/C23H22N4O2/c1-17-22(27-16-4-2-8-20(27)25-17)23(29)24-14-6-7-18-10-12-19(13-11-18)26-15-5-3-9-21(26)28/h2,4,8,10-13,16H,3,5,9,14-15H2,1H3,(H,24,29). The molecule has 1 aromatic carbocycles. The molecule has 1 N–H and O–H groups in total. The monoisotopic (exact) mass is 386 g/mol. The Morgan fingerprint density at radius 3 is 2.79 bits per heavy atom. The molecule has 3 aromatic rings. The van der Waals surface area contributed by atoms with Crippen molar-refractivity contribution in [2.45, 2.75) is 26.2 Å². The Hall–Kier alpha value is -3.59. The zero-order valence-electron chi connectivity index (χ0n) is 16.3. The maximum absolute atomic E-state index is 12.5. The van der Waals surface area contributed by atoms with Gasteiger partial charge in [-0.3, -0.25) is 14.0 Å². The van der Waals surface area contributed by atoms with Crippen LogP contribution in [0, 0.1) is 18.8 Å². The third-order valence-electron chi connectivity index (χ3n) is 4.99. The fourth-order valence-electron chi connectivity index (χ4n) is 3.55. The average molecular weight is 386 g/mol. The number of anilines is 1. The SMILES string of the molecule is Cc1nc2ccccn2c1C(=O)NCC#Cc1ccc(N2CCCCC2=O)cc1. The van der Waals surface area contributed by atoms with Crippen LogP contribution in [0.15, 0.2) is 48.7 Å². The molecule has 1 aliphatic heterocycles. The van der Waals surface area contributed by atoms with E-state index in [1.54, 1.807) is 4.40 Å². The summed E-state index contributed by atoms with van der Waals surface area (Å²) in [6.07, 6.45) is 4.45. The normalized spacial score (nSPS) is 13.8. The quantitative estimate of drug-likeness (QED) is 0.704. The molecule has 1 fully saturated rings. The van der Waals surface area contributed by atoms with Gasteiger partial charge in [-0.25, -0.2) is 4.98 Å². The predicted molar refractivity (Wildman–Crippen MR) is 112 cm³/mol. The fraction of sp³-hybridized carbons (Fsp3) is 0.261. The number of hydrogen-bond acceptors (Lipinski definition) is 3. The number of amides is 2. The number of nitrogens with one attached hydrogen (secondary N) is 1. The second-order valence-electron chi connectivity index (χ2n) is 7.01. The van der Waals surface area contributed by atoms with Crippen molar-refractivity contribution >= 4 is 23.1 Å². The van der Waals surface area contributed by atoms with Gasteiger partial charge in [-0.05, 0) is 56.2 Å². The third kappa shape index (κ3) is 3.99. The number of benzene rings is 1. The number of aryl methyl sites for hydroxylation is 1. The lowest BCUT2D eigenvalue weighted by Crippen LogP contribution is -2.35. The largest absolute Gasteiger partial charge is 0.340 e. The Morgan fingerprint density at radius 2 is 2.00 bits per heavy atom. The number of hydrogen-bond donors (Lipinski definition) is 1. The van der Waals surface area contributed by atoms with Gasteiger partial charge in [0.25, 0.3) is 5.91 Å². The molecular formula is C23H22N4O2. The average Bonchev–Trinajstić information content (AvgIpc) is 3.08. The van der Waals surface area contributed by atoms with Gasteiger partial charge in [0.1, 0.15) is 11.3 Å². The third-order valence-corrected chi connectivity index (χ3v) is 4.99. The number of carbonyl (C=O) groups excluding carboxylic acids is 2. The summed E-state index contributed by atoms with van der Waals surface area (Å²) in [5, 5.41) is 2.83. The van der Waals surface area contributed by atoms with E-state index in [1.165, 1.54) is 0 Å². The van der Waals surface area contributed by atoms with Gasteiger partial charge in [-0.15, -0.1) is 0 Å². The minimum atomic E-state index is -0.200. The van der Waals surface area contributed by atoms with E-state index in [4.69, 9.17) is 0 Å². The molecule has 0 spiro atoms. The maximum Gasteiger partial charge on any atom is 0.270 e. The van der Waals surface area contributed by atoms with Crippen LogP contribution in [0.2, 0.25) is 0 Å². The smallest absolute Gasteiger partial charge is 0.270 e. The summed E-state index contributed by atoms with van der Waals surface area (Å²) in [7, 11) is 0. The van der Waals surface area contributed by atoms with E-state index >= 15 is 0 Å². The van der Waals surface area contributed by atoms with Crippen LogP contribution in [-0.2, 0) is 4.79 Å². The van der Waals surface area contributed by atoms with Crippen LogP contribution < -0.4 is 10.2 Å². The Bertz CT molecular complexity index is 1120. The number of piperidine rings is 1. The molecule has 0 unspecified atom stereocenters. The molecule has 2 aromatic heterocycles. The van der Waals surface area contributed by atoms with Crippen molar-refractivity contribution < 1.29 is 9.59 Å². The van der Waals surface area contributed by atoms with Crippen molar-refractivity contribution in [2.24, 2.45) is 0 Å². The number of imidazole rings is 1. The number of aromatic nitrogens is 2. The number of rotatable bonds is 3. The first-order valence-electron chi connectivity index (χ1n) is 9.75. The van der Waals surface area contributed by atoms with Crippen LogP contribution in [0.1, 0.15) is 41.0 Å². The van der Waals surface area contributed by atoms with Crippen molar-refractivity contribution in [1.29, 1.82) is 0 Å². The number of nitrogens with zero attached hydrogens (tertiary/aromatic N) is 3. The van der Waals surface area contributed by atoms with Gasteiger partial charge >= 0.3 is 0 Å². The van der Waals surface area contributed by atoms with E-state index in [0.29, 0.717) is 17.8 Å². The molecule has 0 bridgehead atoms. The molecule has 29 heavy (non-hydrogen) atoms. The molecule has 3 heterocycles. The second-order valence-corrected chi connectivity index (χ2v) is 7.01. The summed E-state index contributed by atoms with van der Waals surface area (Å²) >= 11 is 0. The Balaban J connectivity index is 1.38. The Kier molecular flexibility index (Phi) is 5.30. The molecule has 0 radical (unpaired) electrons.